The zero-order valence-electron chi connectivity index (χ0n) is 10.1. The minimum Gasteiger partial charge on any atom is -0.354 e. The smallest absolute Gasteiger partial charge is 0.244 e. The number of carbonyl (C=O) groups excluding carboxylic acids is 1. The van der Waals surface area contributed by atoms with Gasteiger partial charge in [-0.1, -0.05) is 6.07 Å². The van der Waals surface area contributed by atoms with Gasteiger partial charge in [0.05, 0.1) is 0 Å². The molecule has 4 heteroatoms. The Morgan fingerprint density at radius 2 is 2.17 bits per heavy atom. The molecule has 0 aliphatic heterocycles. The van der Waals surface area contributed by atoms with Gasteiger partial charge in [0.15, 0.2) is 0 Å². The van der Waals surface area contributed by atoms with E-state index in [0.717, 1.165) is 17.8 Å². The van der Waals surface area contributed by atoms with Gasteiger partial charge in [-0.15, -0.1) is 11.3 Å². The van der Waals surface area contributed by atoms with E-state index in [2.05, 4.69) is 9.88 Å². The lowest BCUT2D eigenvalue weighted by molar-refractivity contribution is -0.116. The second-order valence-electron chi connectivity index (χ2n) is 3.91. The van der Waals surface area contributed by atoms with Crippen LogP contribution in [0.3, 0.4) is 0 Å². The first-order chi connectivity index (χ1) is 8.84. The average molecular weight is 260 g/mol. The standard InChI is InChI=1S/C14H16N2OS/c17-14(7-6-13-5-3-12-18-13)15-8-4-11-16-9-1-2-10-16/h1-3,5-7,9-10,12H,4,8,11H2,(H,15,17). The minimum atomic E-state index is -0.0316. The van der Waals surface area contributed by atoms with Gasteiger partial charge in [0.1, 0.15) is 0 Å². The Labute approximate surface area is 111 Å². The summed E-state index contributed by atoms with van der Waals surface area (Å²) in [6.07, 6.45) is 8.41. The van der Waals surface area contributed by atoms with Crippen LogP contribution in [0.15, 0.2) is 48.1 Å². The predicted molar refractivity (Wildman–Crippen MR) is 75.4 cm³/mol. The number of carbonyl (C=O) groups is 1. The molecule has 2 heterocycles. The molecule has 0 bridgehead atoms. The minimum absolute atomic E-state index is 0.0316. The average Bonchev–Trinajstić information content (AvgIpc) is 3.04. The number of hydrogen-bond donors (Lipinski definition) is 1. The molecule has 3 nitrogen and oxygen atoms in total. The maximum absolute atomic E-state index is 11.5. The van der Waals surface area contributed by atoms with Gasteiger partial charge >= 0.3 is 0 Å². The van der Waals surface area contributed by atoms with E-state index in [0.29, 0.717) is 6.54 Å². The maximum atomic E-state index is 11.5. The summed E-state index contributed by atoms with van der Waals surface area (Å²) in [5, 5.41) is 4.87. The van der Waals surface area contributed by atoms with Crippen molar-refractivity contribution in [2.75, 3.05) is 6.54 Å². The Kier molecular flexibility index (Phi) is 4.78. The lowest BCUT2D eigenvalue weighted by Gasteiger charge is -2.03. The number of aryl methyl sites for hydroxylation is 1. The molecule has 0 fully saturated rings. The molecule has 2 rings (SSSR count). The van der Waals surface area contributed by atoms with Gasteiger partial charge in [0, 0.05) is 36.4 Å². The summed E-state index contributed by atoms with van der Waals surface area (Å²) in [5.74, 6) is -0.0316. The second-order valence-corrected chi connectivity index (χ2v) is 4.89. The molecule has 1 N–H and O–H groups in total. The monoisotopic (exact) mass is 260 g/mol. The molecule has 0 radical (unpaired) electrons. The second kappa shape index (κ2) is 6.81. The first-order valence-corrected chi connectivity index (χ1v) is 6.83. The quantitative estimate of drug-likeness (QED) is 0.629. The molecule has 18 heavy (non-hydrogen) atoms. The van der Waals surface area contributed by atoms with E-state index < -0.39 is 0 Å². The van der Waals surface area contributed by atoms with Crippen molar-refractivity contribution < 1.29 is 4.79 Å². The third-order valence-electron chi connectivity index (χ3n) is 2.50. The summed E-state index contributed by atoms with van der Waals surface area (Å²) >= 11 is 1.62. The van der Waals surface area contributed by atoms with Crippen molar-refractivity contribution in [3.05, 3.63) is 53.0 Å². The summed E-state index contributed by atoms with van der Waals surface area (Å²) in [6, 6.07) is 7.96. The molecule has 94 valence electrons. The topological polar surface area (TPSA) is 34.0 Å². The first-order valence-electron chi connectivity index (χ1n) is 5.95. The number of nitrogens with zero attached hydrogens (tertiary/aromatic N) is 1. The molecular weight excluding hydrogens is 244 g/mol. The van der Waals surface area contributed by atoms with E-state index in [9.17, 15) is 4.79 Å². The van der Waals surface area contributed by atoms with Crippen LogP contribution in [0.25, 0.3) is 6.08 Å². The summed E-state index contributed by atoms with van der Waals surface area (Å²) in [6.45, 7) is 1.63. The van der Waals surface area contributed by atoms with Crippen LogP contribution < -0.4 is 5.32 Å². The van der Waals surface area contributed by atoms with Crippen molar-refractivity contribution in [1.29, 1.82) is 0 Å². The number of amides is 1. The highest BCUT2D eigenvalue weighted by atomic mass is 32.1. The molecule has 0 aromatic carbocycles. The molecule has 0 saturated carbocycles. The SMILES string of the molecule is O=C(C=Cc1cccs1)NCCCn1cccc1. The zero-order chi connectivity index (χ0) is 12.6. The molecule has 0 spiro atoms. The number of nitrogens with one attached hydrogen (secondary N) is 1. The van der Waals surface area contributed by atoms with Gasteiger partial charge in [0.2, 0.25) is 5.91 Å². The van der Waals surface area contributed by atoms with E-state index in [-0.39, 0.29) is 5.91 Å². The van der Waals surface area contributed by atoms with Gasteiger partial charge in [-0.05, 0) is 36.1 Å². The fourth-order valence-electron chi connectivity index (χ4n) is 1.60. The van der Waals surface area contributed by atoms with E-state index in [4.69, 9.17) is 0 Å². The third kappa shape index (κ3) is 4.22. The fourth-order valence-corrected chi connectivity index (χ4v) is 2.21. The lowest BCUT2D eigenvalue weighted by atomic mass is 10.3. The normalized spacial score (nSPS) is 10.9. The summed E-state index contributed by atoms with van der Waals surface area (Å²) < 4.78 is 2.10. The van der Waals surface area contributed by atoms with Crippen LogP contribution in [0.1, 0.15) is 11.3 Å². The molecule has 0 atom stereocenters. The van der Waals surface area contributed by atoms with Gasteiger partial charge < -0.3 is 9.88 Å². The fraction of sp³-hybridized carbons (Fsp3) is 0.214. The Balaban J connectivity index is 1.63. The van der Waals surface area contributed by atoms with Crippen LogP contribution >= 0.6 is 11.3 Å². The molecule has 0 aliphatic rings. The number of aromatic nitrogens is 1. The Morgan fingerprint density at radius 1 is 1.33 bits per heavy atom. The molecule has 0 unspecified atom stereocenters. The lowest BCUT2D eigenvalue weighted by Crippen LogP contribution is -2.22. The van der Waals surface area contributed by atoms with Crippen molar-refractivity contribution in [2.45, 2.75) is 13.0 Å². The van der Waals surface area contributed by atoms with Gasteiger partial charge in [-0.2, -0.15) is 0 Å². The largest absolute Gasteiger partial charge is 0.354 e. The Hall–Kier alpha value is -1.81. The highest BCUT2D eigenvalue weighted by Crippen LogP contribution is 2.09. The summed E-state index contributed by atoms with van der Waals surface area (Å²) in [4.78, 5) is 12.6. The summed E-state index contributed by atoms with van der Waals surface area (Å²) in [5.41, 5.74) is 0. The van der Waals surface area contributed by atoms with Crippen LogP contribution in [-0.4, -0.2) is 17.0 Å². The van der Waals surface area contributed by atoms with Crippen molar-refractivity contribution >= 4 is 23.3 Å². The van der Waals surface area contributed by atoms with E-state index in [1.165, 1.54) is 0 Å². The molecule has 2 aromatic heterocycles. The molecule has 0 saturated heterocycles. The molecule has 2 aromatic rings. The maximum Gasteiger partial charge on any atom is 0.244 e. The summed E-state index contributed by atoms with van der Waals surface area (Å²) in [7, 11) is 0. The highest BCUT2D eigenvalue weighted by molar-refractivity contribution is 7.10. The van der Waals surface area contributed by atoms with Gasteiger partial charge in [0.25, 0.3) is 0 Å². The highest BCUT2D eigenvalue weighted by Gasteiger charge is 1.95. The van der Waals surface area contributed by atoms with Gasteiger partial charge in [-0.25, -0.2) is 0 Å². The number of hydrogen-bond acceptors (Lipinski definition) is 2. The van der Waals surface area contributed by atoms with Gasteiger partial charge in [-0.3, -0.25) is 4.79 Å². The van der Waals surface area contributed by atoms with Crippen LogP contribution in [0.4, 0.5) is 0 Å². The third-order valence-corrected chi connectivity index (χ3v) is 3.34. The van der Waals surface area contributed by atoms with Crippen molar-refractivity contribution in [3.63, 3.8) is 0 Å². The molecule has 1 amide bonds. The van der Waals surface area contributed by atoms with Crippen LogP contribution in [0, 0.1) is 0 Å². The Bertz CT molecular complexity index is 486. The van der Waals surface area contributed by atoms with E-state index >= 15 is 0 Å². The molecule has 0 aliphatic carbocycles. The van der Waals surface area contributed by atoms with E-state index in [1.54, 1.807) is 17.4 Å². The Morgan fingerprint density at radius 3 is 2.89 bits per heavy atom. The molecular formula is C14H16N2OS. The van der Waals surface area contributed by atoms with Crippen LogP contribution in [0.2, 0.25) is 0 Å². The van der Waals surface area contributed by atoms with Crippen LogP contribution in [0.5, 0.6) is 0 Å². The number of rotatable bonds is 6. The number of thiophene rings is 1. The predicted octanol–water partition coefficient (Wildman–Crippen LogP) is 2.77. The van der Waals surface area contributed by atoms with Crippen molar-refractivity contribution in [3.8, 4) is 0 Å². The van der Waals surface area contributed by atoms with E-state index in [1.807, 2.05) is 48.1 Å². The zero-order valence-corrected chi connectivity index (χ0v) is 10.9. The van der Waals surface area contributed by atoms with Crippen molar-refractivity contribution in [2.24, 2.45) is 0 Å². The van der Waals surface area contributed by atoms with Crippen LogP contribution in [-0.2, 0) is 11.3 Å². The first kappa shape index (κ1) is 12.6. The van der Waals surface area contributed by atoms with Crippen molar-refractivity contribution in [1.82, 2.24) is 9.88 Å².